The Morgan fingerprint density at radius 3 is 2.81 bits per heavy atom. The Morgan fingerprint density at radius 2 is 2.05 bits per heavy atom. The van der Waals surface area contributed by atoms with E-state index in [0.29, 0.717) is 6.54 Å². The quantitative estimate of drug-likeness (QED) is 0.648. The second-order valence-corrected chi connectivity index (χ2v) is 6.22. The number of benzene rings is 1. The molecule has 1 aromatic carbocycles. The zero-order valence-corrected chi connectivity index (χ0v) is 12.8. The molecule has 1 fully saturated rings. The molecule has 0 aromatic heterocycles. The molecule has 2 aliphatic rings. The number of para-hydroxylation sites is 1. The van der Waals surface area contributed by atoms with Crippen LogP contribution < -0.4 is 10.2 Å². The van der Waals surface area contributed by atoms with Gasteiger partial charge in [-0.3, -0.25) is 4.99 Å². The molecule has 0 saturated heterocycles. The number of nitrogens with zero attached hydrogens (tertiary/aromatic N) is 2. The van der Waals surface area contributed by atoms with Gasteiger partial charge in [0.05, 0.1) is 5.60 Å². The minimum absolute atomic E-state index is 0.562. The minimum atomic E-state index is -0.562. The fraction of sp³-hybridized carbons (Fsp3) is 0.588. The van der Waals surface area contributed by atoms with E-state index in [0.717, 1.165) is 44.6 Å². The van der Waals surface area contributed by atoms with E-state index in [1.54, 1.807) is 0 Å². The van der Waals surface area contributed by atoms with Gasteiger partial charge in [0.15, 0.2) is 5.96 Å². The summed E-state index contributed by atoms with van der Waals surface area (Å²) in [4.78, 5) is 6.63. The van der Waals surface area contributed by atoms with Crippen LogP contribution in [0, 0.1) is 0 Å². The van der Waals surface area contributed by atoms with Crippen molar-refractivity contribution in [1.82, 2.24) is 5.32 Å². The van der Waals surface area contributed by atoms with Gasteiger partial charge < -0.3 is 15.3 Å². The third-order valence-corrected chi connectivity index (χ3v) is 4.71. The molecule has 0 spiro atoms. The standard InChI is InChI=1S/C17H25N3O/c1-18-16(19-13-17(21)10-5-2-6-11-17)20-12-9-14-7-3-4-8-15(14)20/h3-4,7-8,21H,2,5-6,9-13H2,1H3,(H,18,19). The zero-order chi connectivity index (χ0) is 14.7. The number of nitrogens with one attached hydrogen (secondary N) is 1. The molecule has 1 aliphatic carbocycles. The highest BCUT2D eigenvalue weighted by molar-refractivity contribution is 5.97. The highest BCUT2D eigenvalue weighted by Gasteiger charge is 2.30. The number of guanidine groups is 1. The molecular formula is C17H25N3O. The van der Waals surface area contributed by atoms with Gasteiger partial charge in [-0.05, 0) is 30.9 Å². The number of hydrogen-bond donors (Lipinski definition) is 2. The lowest BCUT2D eigenvalue weighted by atomic mass is 9.85. The summed E-state index contributed by atoms with van der Waals surface area (Å²) in [5, 5.41) is 14.0. The summed E-state index contributed by atoms with van der Waals surface area (Å²) in [6, 6.07) is 8.48. The van der Waals surface area contributed by atoms with Crippen molar-refractivity contribution in [3.05, 3.63) is 29.8 Å². The van der Waals surface area contributed by atoms with E-state index in [1.165, 1.54) is 17.7 Å². The Labute approximate surface area is 126 Å². The van der Waals surface area contributed by atoms with E-state index < -0.39 is 5.60 Å². The van der Waals surface area contributed by atoms with E-state index >= 15 is 0 Å². The van der Waals surface area contributed by atoms with E-state index in [9.17, 15) is 5.11 Å². The van der Waals surface area contributed by atoms with E-state index in [2.05, 4.69) is 39.5 Å². The maximum atomic E-state index is 10.6. The number of rotatable bonds is 2. The van der Waals surface area contributed by atoms with Crippen LogP contribution in [0.25, 0.3) is 0 Å². The Kier molecular flexibility index (Phi) is 4.15. The van der Waals surface area contributed by atoms with Crippen LogP contribution in [0.5, 0.6) is 0 Å². The summed E-state index contributed by atoms with van der Waals surface area (Å²) in [5.74, 6) is 0.874. The summed E-state index contributed by atoms with van der Waals surface area (Å²) in [6.45, 7) is 1.55. The zero-order valence-electron chi connectivity index (χ0n) is 12.8. The smallest absolute Gasteiger partial charge is 0.198 e. The second kappa shape index (κ2) is 6.06. The number of hydrogen-bond acceptors (Lipinski definition) is 2. The van der Waals surface area contributed by atoms with Gasteiger partial charge >= 0.3 is 0 Å². The van der Waals surface area contributed by atoms with Crippen LogP contribution in [0.1, 0.15) is 37.7 Å². The van der Waals surface area contributed by atoms with Gasteiger partial charge in [0.2, 0.25) is 0 Å². The summed E-state index contributed by atoms with van der Waals surface area (Å²) in [6.07, 6.45) is 6.35. The Hall–Kier alpha value is -1.55. The minimum Gasteiger partial charge on any atom is -0.388 e. The molecular weight excluding hydrogens is 262 g/mol. The number of aliphatic imine (C=N–C) groups is 1. The van der Waals surface area contributed by atoms with Crippen molar-refractivity contribution in [3.63, 3.8) is 0 Å². The molecule has 0 atom stereocenters. The van der Waals surface area contributed by atoms with Crippen LogP contribution in [-0.2, 0) is 6.42 Å². The van der Waals surface area contributed by atoms with Crippen LogP contribution in [0.3, 0.4) is 0 Å². The van der Waals surface area contributed by atoms with Crippen LogP contribution in [-0.4, -0.2) is 36.8 Å². The highest BCUT2D eigenvalue weighted by atomic mass is 16.3. The van der Waals surface area contributed by atoms with E-state index in [-0.39, 0.29) is 0 Å². The topological polar surface area (TPSA) is 47.9 Å². The van der Waals surface area contributed by atoms with Gasteiger partial charge in [-0.2, -0.15) is 0 Å². The predicted octanol–water partition coefficient (Wildman–Crippen LogP) is 2.32. The van der Waals surface area contributed by atoms with Crippen molar-refractivity contribution in [2.45, 2.75) is 44.1 Å². The third-order valence-electron chi connectivity index (χ3n) is 4.71. The van der Waals surface area contributed by atoms with Crippen LogP contribution >= 0.6 is 0 Å². The van der Waals surface area contributed by atoms with Gasteiger partial charge in [-0.15, -0.1) is 0 Å². The van der Waals surface area contributed by atoms with Crippen molar-refractivity contribution in [1.29, 1.82) is 0 Å². The number of fused-ring (bicyclic) bond motifs is 1. The largest absolute Gasteiger partial charge is 0.388 e. The first-order valence-corrected chi connectivity index (χ1v) is 8.00. The van der Waals surface area contributed by atoms with Gasteiger partial charge in [0, 0.05) is 25.8 Å². The number of aliphatic hydroxyl groups is 1. The van der Waals surface area contributed by atoms with Crippen molar-refractivity contribution in [2.24, 2.45) is 4.99 Å². The van der Waals surface area contributed by atoms with Crippen molar-refractivity contribution >= 4 is 11.6 Å². The molecule has 0 unspecified atom stereocenters. The molecule has 1 aliphatic heterocycles. The lowest BCUT2D eigenvalue weighted by Gasteiger charge is -2.33. The average Bonchev–Trinajstić information content (AvgIpc) is 2.93. The molecule has 4 heteroatoms. The van der Waals surface area contributed by atoms with Crippen LogP contribution in [0.4, 0.5) is 5.69 Å². The molecule has 114 valence electrons. The maximum Gasteiger partial charge on any atom is 0.198 e. The molecule has 21 heavy (non-hydrogen) atoms. The van der Waals surface area contributed by atoms with E-state index in [4.69, 9.17) is 0 Å². The first-order valence-electron chi connectivity index (χ1n) is 8.00. The monoisotopic (exact) mass is 287 g/mol. The third kappa shape index (κ3) is 3.05. The SMILES string of the molecule is CN=C(NCC1(O)CCCCC1)N1CCc2ccccc21. The Bertz CT molecular complexity index is 521. The molecule has 4 nitrogen and oxygen atoms in total. The lowest BCUT2D eigenvalue weighted by molar-refractivity contribution is 0.00869. The molecule has 1 saturated carbocycles. The molecule has 1 heterocycles. The predicted molar refractivity (Wildman–Crippen MR) is 86.9 cm³/mol. The number of anilines is 1. The first kappa shape index (κ1) is 14.4. The fourth-order valence-electron chi connectivity index (χ4n) is 3.48. The summed E-state index contributed by atoms with van der Waals surface area (Å²) in [5.41, 5.74) is 2.05. The Morgan fingerprint density at radius 1 is 1.29 bits per heavy atom. The molecule has 0 radical (unpaired) electrons. The molecule has 0 bridgehead atoms. The van der Waals surface area contributed by atoms with Gasteiger partial charge in [-0.1, -0.05) is 37.5 Å². The lowest BCUT2D eigenvalue weighted by Crippen LogP contribution is -2.49. The van der Waals surface area contributed by atoms with Crippen LogP contribution in [0.15, 0.2) is 29.3 Å². The molecule has 3 rings (SSSR count). The first-order chi connectivity index (χ1) is 10.2. The maximum absolute atomic E-state index is 10.6. The van der Waals surface area contributed by atoms with Crippen LogP contribution in [0.2, 0.25) is 0 Å². The molecule has 0 amide bonds. The summed E-state index contributed by atoms with van der Waals surface area (Å²) in [7, 11) is 1.81. The Balaban J connectivity index is 1.67. The average molecular weight is 287 g/mol. The summed E-state index contributed by atoms with van der Waals surface area (Å²) < 4.78 is 0. The van der Waals surface area contributed by atoms with Gasteiger partial charge in [0.25, 0.3) is 0 Å². The van der Waals surface area contributed by atoms with Crippen molar-refractivity contribution in [2.75, 3.05) is 25.0 Å². The van der Waals surface area contributed by atoms with Gasteiger partial charge in [-0.25, -0.2) is 0 Å². The molecule has 2 N–H and O–H groups in total. The highest BCUT2D eigenvalue weighted by Crippen LogP contribution is 2.29. The fourth-order valence-corrected chi connectivity index (χ4v) is 3.48. The second-order valence-electron chi connectivity index (χ2n) is 6.22. The van der Waals surface area contributed by atoms with Crippen molar-refractivity contribution < 1.29 is 5.11 Å². The van der Waals surface area contributed by atoms with Crippen molar-refractivity contribution in [3.8, 4) is 0 Å². The summed E-state index contributed by atoms with van der Waals surface area (Å²) >= 11 is 0. The van der Waals surface area contributed by atoms with E-state index in [1.807, 2.05) is 7.05 Å². The van der Waals surface area contributed by atoms with Gasteiger partial charge in [0.1, 0.15) is 0 Å². The molecule has 1 aromatic rings. The normalized spacial score (nSPS) is 21.2.